The molecule has 32 heavy (non-hydrogen) atoms. The maximum atomic E-state index is 14.1. The van der Waals surface area contributed by atoms with Crippen LogP contribution in [0.5, 0.6) is 0 Å². The molecule has 3 aliphatic heterocycles. The Balaban J connectivity index is 1.35. The molecule has 0 saturated carbocycles. The number of methoxy groups -OCH3 is 1. The van der Waals surface area contributed by atoms with E-state index in [1.54, 1.807) is 12.7 Å². The maximum Gasteiger partial charge on any atom is 0.271 e. The Bertz CT molecular complexity index is 1040. The van der Waals surface area contributed by atoms with Crippen molar-refractivity contribution in [2.24, 2.45) is 11.8 Å². The Hall–Kier alpha value is -2.11. The molecule has 1 aromatic carbocycles. The third kappa shape index (κ3) is 3.32. The van der Waals surface area contributed by atoms with Crippen LogP contribution in [0, 0.1) is 11.8 Å². The molecule has 3 fully saturated rings. The molecule has 170 valence electrons. The van der Waals surface area contributed by atoms with Crippen molar-refractivity contribution in [1.29, 1.82) is 0 Å². The van der Waals surface area contributed by atoms with Gasteiger partial charge in [0.1, 0.15) is 5.69 Å². The predicted molar refractivity (Wildman–Crippen MR) is 127 cm³/mol. The number of carbonyl (C=O) groups excluding carboxylic acids is 1. The monoisotopic (exact) mass is 433 g/mol. The number of rotatable bonds is 4. The summed E-state index contributed by atoms with van der Waals surface area (Å²) in [5, 5.41) is 1.14. The molecule has 0 unspecified atom stereocenters. The standard InChI is InChI=1S/C27H35N3O2/c1-32-14-13-29-24-10-3-2-7-19(24)17-25(29)27(31)30-12-6-8-20-15-21-16-22(26(20)30)18-28-11-5-4-9-23(21)28/h2-3,7,10,15,17,21-23,26H,4-6,8-9,11-14,16,18H2,1H3/t21-,22+,23-,26-/m0/s1. The summed E-state index contributed by atoms with van der Waals surface area (Å²) in [5.74, 6) is 1.48. The molecule has 0 spiro atoms. The molecule has 2 aromatic rings. The maximum absolute atomic E-state index is 14.1. The fourth-order valence-corrected chi connectivity index (χ4v) is 7.16. The van der Waals surface area contributed by atoms with Crippen LogP contribution in [0.1, 0.15) is 49.0 Å². The summed E-state index contributed by atoms with van der Waals surface area (Å²) < 4.78 is 7.55. The van der Waals surface area contributed by atoms with Crippen LogP contribution in [0.15, 0.2) is 42.0 Å². The molecule has 1 aliphatic carbocycles. The number of nitrogens with zero attached hydrogens (tertiary/aromatic N) is 3. The van der Waals surface area contributed by atoms with Gasteiger partial charge in [0.25, 0.3) is 5.91 Å². The summed E-state index contributed by atoms with van der Waals surface area (Å²) in [7, 11) is 1.73. The van der Waals surface area contributed by atoms with Crippen LogP contribution >= 0.6 is 0 Å². The van der Waals surface area contributed by atoms with E-state index < -0.39 is 0 Å². The number of hydrogen-bond acceptors (Lipinski definition) is 3. The highest BCUT2D eigenvalue weighted by Gasteiger charge is 2.47. The molecule has 5 heteroatoms. The first-order valence-corrected chi connectivity index (χ1v) is 12.6. The topological polar surface area (TPSA) is 37.7 Å². The average molecular weight is 434 g/mol. The first kappa shape index (κ1) is 20.5. The van der Waals surface area contributed by atoms with Crippen molar-refractivity contribution < 1.29 is 9.53 Å². The van der Waals surface area contributed by atoms with Crippen LogP contribution in [0.25, 0.3) is 10.9 Å². The number of benzene rings is 1. The van der Waals surface area contributed by atoms with Gasteiger partial charge in [-0.25, -0.2) is 0 Å². The Morgan fingerprint density at radius 2 is 2.06 bits per heavy atom. The van der Waals surface area contributed by atoms with Gasteiger partial charge in [0.2, 0.25) is 0 Å². The van der Waals surface area contributed by atoms with E-state index in [1.807, 2.05) is 0 Å². The van der Waals surface area contributed by atoms with Gasteiger partial charge in [0, 0.05) is 43.7 Å². The van der Waals surface area contributed by atoms with Crippen molar-refractivity contribution in [3.05, 3.63) is 47.7 Å². The van der Waals surface area contributed by atoms with E-state index >= 15 is 0 Å². The third-order valence-corrected chi connectivity index (χ3v) is 8.47. The van der Waals surface area contributed by atoms with Gasteiger partial charge in [-0.05, 0) is 62.6 Å². The Morgan fingerprint density at radius 3 is 2.97 bits per heavy atom. The van der Waals surface area contributed by atoms with Crippen LogP contribution in [0.4, 0.5) is 0 Å². The molecule has 0 N–H and O–H groups in total. The zero-order chi connectivity index (χ0) is 21.7. The van der Waals surface area contributed by atoms with E-state index in [4.69, 9.17) is 4.74 Å². The van der Waals surface area contributed by atoms with E-state index in [1.165, 1.54) is 45.2 Å². The lowest BCUT2D eigenvalue weighted by Gasteiger charge is -2.54. The first-order valence-electron chi connectivity index (χ1n) is 12.6. The normalized spacial score (nSPS) is 30.0. The van der Waals surface area contributed by atoms with Gasteiger partial charge in [-0.15, -0.1) is 0 Å². The Labute approximate surface area is 191 Å². The molecule has 1 amide bonds. The fourth-order valence-electron chi connectivity index (χ4n) is 7.16. The van der Waals surface area contributed by atoms with Gasteiger partial charge in [0.15, 0.2) is 0 Å². The quantitative estimate of drug-likeness (QED) is 0.674. The molecule has 2 bridgehead atoms. The van der Waals surface area contributed by atoms with Gasteiger partial charge >= 0.3 is 0 Å². The van der Waals surface area contributed by atoms with Gasteiger partial charge < -0.3 is 14.2 Å². The van der Waals surface area contributed by atoms with Gasteiger partial charge in [-0.2, -0.15) is 0 Å². The molecular formula is C27H35N3O2. The van der Waals surface area contributed by atoms with Crippen LogP contribution < -0.4 is 0 Å². The number of likely N-dealkylation sites (tertiary alicyclic amines) is 1. The largest absolute Gasteiger partial charge is 0.383 e. The third-order valence-electron chi connectivity index (χ3n) is 8.47. The van der Waals surface area contributed by atoms with Gasteiger partial charge in [-0.1, -0.05) is 36.3 Å². The Morgan fingerprint density at radius 1 is 1.16 bits per heavy atom. The van der Waals surface area contributed by atoms with Crippen molar-refractivity contribution in [3.63, 3.8) is 0 Å². The predicted octanol–water partition coefficient (Wildman–Crippen LogP) is 4.32. The second-order valence-electron chi connectivity index (χ2n) is 10.2. The van der Waals surface area contributed by atoms with E-state index in [2.05, 4.69) is 50.8 Å². The zero-order valence-corrected chi connectivity index (χ0v) is 19.2. The lowest BCUT2D eigenvalue weighted by molar-refractivity contribution is 0.00116. The summed E-state index contributed by atoms with van der Waals surface area (Å²) in [6.07, 6.45) is 10.2. The highest BCUT2D eigenvalue weighted by molar-refractivity contribution is 5.99. The van der Waals surface area contributed by atoms with E-state index in [0.29, 0.717) is 25.0 Å². The number of carbonyl (C=O) groups is 1. The number of fused-ring (bicyclic) bond motifs is 7. The zero-order valence-electron chi connectivity index (χ0n) is 19.2. The molecule has 3 saturated heterocycles. The molecule has 4 heterocycles. The second kappa shape index (κ2) is 8.35. The number of piperidine rings is 3. The number of hydrogen-bond donors (Lipinski definition) is 0. The number of para-hydroxylation sites is 1. The smallest absolute Gasteiger partial charge is 0.271 e. The number of amides is 1. The minimum Gasteiger partial charge on any atom is -0.383 e. The molecule has 4 aliphatic rings. The molecule has 5 nitrogen and oxygen atoms in total. The molecule has 4 atom stereocenters. The van der Waals surface area contributed by atoms with E-state index in [0.717, 1.165) is 35.6 Å². The van der Waals surface area contributed by atoms with Crippen LogP contribution in [-0.4, -0.2) is 65.7 Å². The second-order valence-corrected chi connectivity index (χ2v) is 10.2. The highest BCUT2D eigenvalue weighted by atomic mass is 16.5. The summed E-state index contributed by atoms with van der Waals surface area (Å²) in [5.41, 5.74) is 3.49. The fraction of sp³-hybridized carbons (Fsp3) is 0.593. The SMILES string of the molecule is COCCn1c(C(=O)N2CCCC3=C[C@H]4C[C@H](CN5CCCC[C@@H]45)[C@H]32)cc2ccccc21. The molecule has 0 radical (unpaired) electrons. The molecule has 1 aromatic heterocycles. The van der Waals surface area contributed by atoms with E-state index in [-0.39, 0.29) is 11.9 Å². The minimum atomic E-state index is 0.201. The average Bonchev–Trinajstić information content (AvgIpc) is 3.20. The van der Waals surface area contributed by atoms with Crippen LogP contribution in [0.3, 0.4) is 0 Å². The van der Waals surface area contributed by atoms with Gasteiger partial charge in [-0.3, -0.25) is 9.69 Å². The van der Waals surface area contributed by atoms with Crippen molar-refractivity contribution >= 4 is 16.8 Å². The van der Waals surface area contributed by atoms with Crippen molar-refractivity contribution in [3.8, 4) is 0 Å². The van der Waals surface area contributed by atoms with Crippen molar-refractivity contribution in [2.75, 3.05) is 33.4 Å². The Kier molecular flexibility index (Phi) is 5.34. The van der Waals surface area contributed by atoms with E-state index in [9.17, 15) is 4.79 Å². The minimum absolute atomic E-state index is 0.201. The number of ether oxygens (including phenoxy) is 1. The summed E-state index contributed by atoms with van der Waals surface area (Å²) >= 11 is 0. The molecule has 6 rings (SSSR count). The van der Waals surface area contributed by atoms with Crippen molar-refractivity contribution in [1.82, 2.24) is 14.4 Å². The van der Waals surface area contributed by atoms with Crippen LogP contribution in [-0.2, 0) is 11.3 Å². The summed E-state index contributed by atoms with van der Waals surface area (Å²) in [6.45, 7) is 4.59. The number of aromatic nitrogens is 1. The summed E-state index contributed by atoms with van der Waals surface area (Å²) in [6, 6.07) is 11.5. The molecular weight excluding hydrogens is 398 g/mol. The highest BCUT2D eigenvalue weighted by Crippen LogP contribution is 2.45. The van der Waals surface area contributed by atoms with Gasteiger partial charge in [0.05, 0.1) is 12.6 Å². The first-order chi connectivity index (χ1) is 15.7. The lowest BCUT2D eigenvalue weighted by Crippen LogP contribution is -2.60. The lowest BCUT2D eigenvalue weighted by atomic mass is 9.68. The van der Waals surface area contributed by atoms with Crippen LogP contribution in [0.2, 0.25) is 0 Å². The van der Waals surface area contributed by atoms with Crippen molar-refractivity contribution in [2.45, 2.75) is 57.2 Å². The summed E-state index contributed by atoms with van der Waals surface area (Å²) in [4.78, 5) is 19.1.